The molecule has 4 aromatic rings. The van der Waals surface area contributed by atoms with Gasteiger partial charge in [0.15, 0.2) is 0 Å². The van der Waals surface area contributed by atoms with Crippen LogP contribution in [0.3, 0.4) is 0 Å². The van der Waals surface area contributed by atoms with Crippen LogP contribution in [-0.4, -0.2) is 88.5 Å². The summed E-state index contributed by atoms with van der Waals surface area (Å²) in [6, 6.07) is 16.5. The molecule has 0 saturated carbocycles. The number of aromatic nitrogens is 2. The van der Waals surface area contributed by atoms with Crippen molar-refractivity contribution < 1.29 is 29.3 Å². The third-order valence-electron chi connectivity index (χ3n) is 8.32. The van der Waals surface area contributed by atoms with Gasteiger partial charge in [0.05, 0.1) is 48.3 Å². The fourth-order valence-electron chi connectivity index (χ4n) is 6.03. The number of nitrogens with zero attached hydrogens (tertiary/aromatic N) is 4. The van der Waals surface area contributed by atoms with E-state index in [1.807, 2.05) is 48.3 Å². The van der Waals surface area contributed by atoms with Gasteiger partial charge in [0, 0.05) is 71.7 Å². The molecule has 3 N–H and O–H groups in total. The molecular weight excluding hydrogens is 669 g/mol. The van der Waals surface area contributed by atoms with Crippen molar-refractivity contribution in [1.82, 2.24) is 25.1 Å². The molecule has 2 aromatic carbocycles. The molecule has 1 aliphatic heterocycles. The fourth-order valence-corrected chi connectivity index (χ4v) is 6.68. The first-order chi connectivity index (χ1) is 23.5. The fraction of sp³-hybridized carbons (Fsp3) is 0.333. The van der Waals surface area contributed by atoms with Crippen LogP contribution in [0.5, 0.6) is 11.6 Å². The standard InChI is InChI=1S/C36H39Cl2N5O6/c1-21(44)17-42(2)18-23-9-8-22(16-30(23)48-3)34-33(38)27(14-15-39-34)26-6-5-7-28(32(26)37)29-12-10-24(35(41-29)49-4)19-43(36(46)47)20-25-11-13-31(45)40-25/h5-10,12,14-16,21,25,44H,11,13,17-20H2,1-4H3,(H,40,45)(H,46,47). The van der Waals surface area contributed by atoms with E-state index in [0.717, 1.165) is 11.1 Å². The van der Waals surface area contributed by atoms with E-state index in [9.17, 15) is 19.8 Å². The Labute approximate surface area is 295 Å². The number of rotatable bonds is 13. The van der Waals surface area contributed by atoms with Crippen molar-refractivity contribution in [1.29, 1.82) is 0 Å². The summed E-state index contributed by atoms with van der Waals surface area (Å²) in [5, 5.41) is 23.2. The van der Waals surface area contributed by atoms with Gasteiger partial charge in [0.1, 0.15) is 5.75 Å². The second-order valence-corrected chi connectivity index (χ2v) is 12.8. The number of nitrogens with one attached hydrogen (secondary N) is 1. The van der Waals surface area contributed by atoms with Crippen LogP contribution in [0.1, 0.15) is 30.9 Å². The second-order valence-electron chi connectivity index (χ2n) is 12.1. The Kier molecular flexibility index (Phi) is 11.6. The summed E-state index contributed by atoms with van der Waals surface area (Å²) >= 11 is 14.1. The van der Waals surface area contributed by atoms with Crippen LogP contribution in [0, 0.1) is 0 Å². The van der Waals surface area contributed by atoms with Crippen molar-refractivity contribution in [3.8, 4) is 45.3 Å². The number of ether oxygens (including phenoxy) is 2. The first-order valence-electron chi connectivity index (χ1n) is 15.8. The van der Waals surface area contributed by atoms with Gasteiger partial charge in [-0.25, -0.2) is 9.78 Å². The summed E-state index contributed by atoms with van der Waals surface area (Å²) < 4.78 is 11.3. The number of hydrogen-bond donors (Lipinski definition) is 3. The van der Waals surface area contributed by atoms with Crippen molar-refractivity contribution in [2.45, 2.75) is 45.0 Å². The minimum atomic E-state index is -1.11. The lowest BCUT2D eigenvalue weighted by Gasteiger charge is -2.23. The maximum absolute atomic E-state index is 12.0. The van der Waals surface area contributed by atoms with Crippen molar-refractivity contribution >= 4 is 35.2 Å². The van der Waals surface area contributed by atoms with Crippen LogP contribution < -0.4 is 14.8 Å². The minimum absolute atomic E-state index is 0.0334. The highest BCUT2D eigenvalue weighted by molar-refractivity contribution is 6.39. The Morgan fingerprint density at radius 3 is 2.43 bits per heavy atom. The number of pyridine rings is 2. The Morgan fingerprint density at radius 1 is 1.02 bits per heavy atom. The number of hydrogen-bond acceptors (Lipinski definition) is 8. The summed E-state index contributed by atoms with van der Waals surface area (Å²) in [7, 11) is 5.03. The number of likely N-dealkylation sites (N-methyl/N-ethyl adjacent to an activating group) is 1. The van der Waals surface area contributed by atoms with Gasteiger partial charge < -0.3 is 29.9 Å². The number of carboxylic acid groups (broad SMARTS) is 1. The zero-order valence-corrected chi connectivity index (χ0v) is 29.3. The van der Waals surface area contributed by atoms with Crippen LogP contribution in [0.15, 0.2) is 60.8 Å². The number of methoxy groups -OCH3 is 2. The number of aliphatic hydroxyl groups is 1. The van der Waals surface area contributed by atoms with E-state index in [-0.39, 0.29) is 30.9 Å². The van der Waals surface area contributed by atoms with Gasteiger partial charge in [0.25, 0.3) is 0 Å². The number of halogens is 2. The molecule has 49 heavy (non-hydrogen) atoms. The molecule has 2 atom stereocenters. The van der Waals surface area contributed by atoms with Crippen LogP contribution in [-0.2, 0) is 17.9 Å². The summed E-state index contributed by atoms with van der Waals surface area (Å²) in [4.78, 5) is 36.2. The predicted octanol–water partition coefficient (Wildman–Crippen LogP) is 6.37. The van der Waals surface area contributed by atoms with E-state index in [0.29, 0.717) is 75.4 Å². The van der Waals surface area contributed by atoms with Gasteiger partial charge in [-0.15, -0.1) is 0 Å². The lowest BCUT2D eigenvalue weighted by atomic mass is 9.99. The molecular formula is C36H39Cl2N5O6. The molecule has 258 valence electrons. The van der Waals surface area contributed by atoms with Crippen LogP contribution in [0.25, 0.3) is 33.6 Å². The Balaban J connectivity index is 1.43. The lowest BCUT2D eigenvalue weighted by molar-refractivity contribution is -0.119. The number of aliphatic hydroxyl groups excluding tert-OH is 1. The number of carbonyl (C=O) groups excluding carboxylic acids is 1. The van der Waals surface area contributed by atoms with Crippen molar-refractivity contribution in [3.63, 3.8) is 0 Å². The van der Waals surface area contributed by atoms with Crippen molar-refractivity contribution in [2.24, 2.45) is 0 Å². The van der Waals surface area contributed by atoms with E-state index < -0.39 is 12.2 Å². The molecule has 0 radical (unpaired) electrons. The first-order valence-corrected chi connectivity index (χ1v) is 16.5. The molecule has 5 rings (SSSR count). The van der Waals surface area contributed by atoms with Gasteiger partial charge in [0.2, 0.25) is 11.8 Å². The van der Waals surface area contributed by atoms with Gasteiger partial charge in [-0.3, -0.25) is 14.7 Å². The molecule has 1 aliphatic rings. The molecule has 3 heterocycles. The van der Waals surface area contributed by atoms with Crippen LogP contribution >= 0.6 is 23.2 Å². The highest BCUT2D eigenvalue weighted by atomic mass is 35.5. The average Bonchev–Trinajstić information content (AvgIpc) is 3.49. The van der Waals surface area contributed by atoms with Gasteiger partial charge in [-0.1, -0.05) is 53.5 Å². The maximum atomic E-state index is 12.0. The summed E-state index contributed by atoms with van der Waals surface area (Å²) in [5.41, 5.74) is 5.39. The van der Waals surface area contributed by atoms with Crippen LogP contribution in [0.4, 0.5) is 4.79 Å². The smallest absolute Gasteiger partial charge is 0.407 e. The minimum Gasteiger partial charge on any atom is -0.496 e. The zero-order valence-electron chi connectivity index (χ0n) is 27.7. The third-order valence-corrected chi connectivity index (χ3v) is 9.11. The van der Waals surface area contributed by atoms with Crippen molar-refractivity contribution in [2.75, 3.05) is 34.4 Å². The highest BCUT2D eigenvalue weighted by Crippen LogP contribution is 2.42. The monoisotopic (exact) mass is 707 g/mol. The van der Waals surface area contributed by atoms with E-state index in [1.54, 1.807) is 38.4 Å². The maximum Gasteiger partial charge on any atom is 0.407 e. The highest BCUT2D eigenvalue weighted by Gasteiger charge is 2.26. The van der Waals surface area contributed by atoms with Crippen LogP contribution in [0.2, 0.25) is 10.0 Å². The van der Waals surface area contributed by atoms with E-state index in [1.165, 1.54) is 12.0 Å². The summed E-state index contributed by atoms with van der Waals surface area (Å²) in [6.45, 7) is 3.06. The van der Waals surface area contributed by atoms with Crippen molar-refractivity contribution in [3.05, 3.63) is 82.0 Å². The van der Waals surface area contributed by atoms with Gasteiger partial charge in [-0.2, -0.15) is 0 Å². The largest absolute Gasteiger partial charge is 0.496 e. The lowest BCUT2D eigenvalue weighted by Crippen LogP contribution is -2.41. The molecule has 1 saturated heterocycles. The number of benzene rings is 2. The topological polar surface area (TPSA) is 137 Å². The zero-order chi connectivity index (χ0) is 35.2. The third kappa shape index (κ3) is 8.42. The van der Waals surface area contributed by atoms with E-state index in [4.69, 9.17) is 37.7 Å². The molecule has 0 spiro atoms. The average molecular weight is 709 g/mol. The number of amides is 2. The normalized spacial score (nSPS) is 14.9. The molecule has 2 aromatic heterocycles. The molecule has 0 aliphatic carbocycles. The van der Waals surface area contributed by atoms with E-state index in [2.05, 4.69) is 10.3 Å². The Morgan fingerprint density at radius 2 is 1.76 bits per heavy atom. The molecule has 1 fully saturated rings. The van der Waals surface area contributed by atoms with Gasteiger partial charge >= 0.3 is 6.09 Å². The SMILES string of the molecule is COc1cc(-c2nccc(-c3cccc(-c4ccc(CN(CC5CCC(=O)N5)C(=O)O)c(OC)n4)c3Cl)c2Cl)ccc1CN(C)CC(C)O. The molecule has 2 unspecified atom stereocenters. The molecule has 0 bridgehead atoms. The predicted molar refractivity (Wildman–Crippen MR) is 189 cm³/mol. The molecule has 2 amide bonds. The molecule has 11 nitrogen and oxygen atoms in total. The Hall–Kier alpha value is -4.42. The second kappa shape index (κ2) is 15.9. The quantitative estimate of drug-likeness (QED) is 0.145. The summed E-state index contributed by atoms with van der Waals surface area (Å²) in [5.74, 6) is 0.864. The van der Waals surface area contributed by atoms with Gasteiger partial charge in [-0.05, 0) is 44.7 Å². The van der Waals surface area contributed by atoms with E-state index >= 15 is 0 Å². The number of carbonyl (C=O) groups is 2. The summed E-state index contributed by atoms with van der Waals surface area (Å²) in [6.07, 6.45) is 1.09. The Bertz CT molecular complexity index is 1840. The molecule has 13 heteroatoms. The first kappa shape index (κ1) is 35.9.